The van der Waals surface area contributed by atoms with Crippen LogP contribution in [0.2, 0.25) is 0 Å². The zero-order valence-corrected chi connectivity index (χ0v) is 14.5. The van der Waals surface area contributed by atoms with Crippen LogP contribution in [0.5, 0.6) is 0 Å². The van der Waals surface area contributed by atoms with Crippen LogP contribution in [0, 0.1) is 5.92 Å². The van der Waals surface area contributed by atoms with Gasteiger partial charge in [0.2, 0.25) is 0 Å². The molecule has 0 aliphatic heterocycles. The maximum Gasteiger partial charge on any atom is 0.320 e. The first-order chi connectivity index (χ1) is 10.4. The van der Waals surface area contributed by atoms with Gasteiger partial charge in [-0.05, 0) is 12.3 Å². The summed E-state index contributed by atoms with van der Waals surface area (Å²) in [6.45, 7) is 3.86. The van der Waals surface area contributed by atoms with Crippen LogP contribution in [0.1, 0.15) is 26.7 Å². The molecular weight excluding hydrogens is 304 g/mol. The van der Waals surface area contributed by atoms with Gasteiger partial charge in [0.05, 0.1) is 34.1 Å². The molecule has 0 spiro atoms. The van der Waals surface area contributed by atoms with Crippen molar-refractivity contribution in [3.8, 4) is 0 Å². The molecule has 23 heavy (non-hydrogen) atoms. The maximum atomic E-state index is 11.9. The number of nitrogens with one attached hydrogen (secondary N) is 1. The van der Waals surface area contributed by atoms with Crippen LogP contribution in [0.4, 0.5) is 0 Å². The van der Waals surface area contributed by atoms with Crippen molar-refractivity contribution < 1.29 is 33.8 Å². The molecule has 134 valence electrons. The summed E-state index contributed by atoms with van der Waals surface area (Å²) in [5, 5.41) is 20.6. The summed E-state index contributed by atoms with van der Waals surface area (Å²) in [5.74, 6) is -2.57. The zero-order valence-electron chi connectivity index (χ0n) is 14.5. The van der Waals surface area contributed by atoms with E-state index in [4.69, 9.17) is 14.9 Å². The Labute approximate surface area is 137 Å². The molecule has 0 radical (unpaired) electrons. The number of carbonyl (C=O) groups excluding carboxylic acids is 1. The molecule has 0 heterocycles. The van der Waals surface area contributed by atoms with Crippen LogP contribution in [-0.2, 0) is 19.1 Å². The summed E-state index contributed by atoms with van der Waals surface area (Å²) in [6, 6.07) is -0.834. The molecule has 0 rings (SSSR count). The van der Waals surface area contributed by atoms with Gasteiger partial charge in [0.15, 0.2) is 6.10 Å². The first-order valence-corrected chi connectivity index (χ1v) is 7.58. The topological polar surface area (TPSA) is 113 Å². The molecule has 3 N–H and O–H groups in total. The van der Waals surface area contributed by atoms with Crippen molar-refractivity contribution in [3.05, 3.63) is 0 Å². The van der Waals surface area contributed by atoms with Gasteiger partial charge in [0.1, 0.15) is 12.6 Å². The van der Waals surface area contributed by atoms with E-state index < -0.39 is 30.1 Å². The highest BCUT2D eigenvalue weighted by Crippen LogP contribution is 2.07. The number of quaternary nitrogens is 1. The van der Waals surface area contributed by atoms with Crippen molar-refractivity contribution in [2.24, 2.45) is 5.92 Å². The summed E-state index contributed by atoms with van der Waals surface area (Å²) in [5.41, 5.74) is 0. The van der Waals surface area contributed by atoms with Gasteiger partial charge in [0, 0.05) is 0 Å². The van der Waals surface area contributed by atoms with Crippen LogP contribution < -0.4 is 5.32 Å². The second-order valence-electron chi connectivity index (χ2n) is 7.08. The predicted molar refractivity (Wildman–Crippen MR) is 83.9 cm³/mol. The summed E-state index contributed by atoms with van der Waals surface area (Å²) in [6.07, 6.45) is -0.648. The molecule has 0 aliphatic carbocycles. The van der Waals surface area contributed by atoms with Gasteiger partial charge in [-0.1, -0.05) is 13.8 Å². The third-order valence-corrected chi connectivity index (χ3v) is 2.95. The van der Waals surface area contributed by atoms with Gasteiger partial charge in [-0.15, -0.1) is 0 Å². The molecule has 8 nitrogen and oxygen atoms in total. The van der Waals surface area contributed by atoms with Crippen LogP contribution in [0.3, 0.4) is 0 Å². The van der Waals surface area contributed by atoms with Crippen molar-refractivity contribution in [1.29, 1.82) is 0 Å². The Hall–Kier alpha value is -1.67. The Morgan fingerprint density at radius 2 is 1.70 bits per heavy atom. The zero-order chi connectivity index (χ0) is 18.2. The second-order valence-corrected chi connectivity index (χ2v) is 7.08. The highest BCUT2D eigenvalue weighted by atomic mass is 16.5. The number of likely N-dealkylation sites (N-methyl/N-ethyl adjacent to an activating group) is 1. The Balaban J connectivity index is 4.56. The molecule has 0 fully saturated rings. The molecular formula is C15H29N2O6+. The number of rotatable bonds is 11. The largest absolute Gasteiger partial charge is 0.481 e. The van der Waals surface area contributed by atoms with E-state index >= 15 is 0 Å². The quantitative estimate of drug-likeness (QED) is 0.365. The van der Waals surface area contributed by atoms with E-state index in [0.29, 0.717) is 17.4 Å². The van der Waals surface area contributed by atoms with Gasteiger partial charge in [-0.3, -0.25) is 19.7 Å². The lowest BCUT2D eigenvalue weighted by Crippen LogP contribution is -2.46. The number of nitrogens with zero attached hydrogens (tertiary/aromatic N) is 1. The van der Waals surface area contributed by atoms with Gasteiger partial charge < -0.3 is 19.4 Å². The number of esters is 1. The van der Waals surface area contributed by atoms with Gasteiger partial charge in [-0.2, -0.15) is 0 Å². The van der Waals surface area contributed by atoms with Gasteiger partial charge in [-0.25, -0.2) is 0 Å². The summed E-state index contributed by atoms with van der Waals surface area (Å²) >= 11 is 0. The number of ether oxygens (including phenoxy) is 1. The lowest BCUT2D eigenvalue weighted by molar-refractivity contribution is -0.873. The number of carboxylic acids is 2. The van der Waals surface area contributed by atoms with Gasteiger partial charge in [0.25, 0.3) is 0 Å². The van der Waals surface area contributed by atoms with E-state index in [-0.39, 0.29) is 18.9 Å². The SMILES string of the molecule is CC(C)C[C@H](NCC(=O)O[C@H](CC(=O)O)C[N+](C)(C)C)C(=O)O. The molecule has 8 heteroatoms. The molecule has 0 aromatic carbocycles. The van der Waals surface area contributed by atoms with E-state index in [1.165, 1.54) is 0 Å². The lowest BCUT2D eigenvalue weighted by atomic mass is 10.0. The number of hydrogen-bond acceptors (Lipinski definition) is 5. The second kappa shape index (κ2) is 9.46. The molecule has 2 atom stereocenters. The fraction of sp³-hybridized carbons (Fsp3) is 0.800. The van der Waals surface area contributed by atoms with E-state index in [1.54, 1.807) is 0 Å². The predicted octanol–water partition coefficient (Wildman–Crippen LogP) is 0.168. The maximum absolute atomic E-state index is 11.9. The molecule has 0 aliphatic rings. The average molecular weight is 333 g/mol. The Kier molecular flexibility index (Phi) is 8.78. The standard InChI is InChI=1S/C15H28N2O6/c1-10(2)6-12(15(21)22)16-8-14(20)23-11(7-13(18)19)9-17(3,4)5/h10-12,16H,6-9H2,1-5H3,(H-,18,19,21,22)/p+1/t11-,12+/m1/s1. The molecule has 0 saturated carbocycles. The molecule has 0 aromatic rings. The Morgan fingerprint density at radius 3 is 2.09 bits per heavy atom. The number of aliphatic carboxylic acids is 2. The first-order valence-electron chi connectivity index (χ1n) is 7.58. The first kappa shape index (κ1) is 21.3. The normalized spacial score (nSPS) is 14.3. The van der Waals surface area contributed by atoms with E-state index in [0.717, 1.165) is 0 Å². The third-order valence-electron chi connectivity index (χ3n) is 2.95. The molecule has 0 bridgehead atoms. The third kappa shape index (κ3) is 11.5. The molecule has 0 aromatic heterocycles. The van der Waals surface area contributed by atoms with E-state index in [2.05, 4.69) is 5.32 Å². The van der Waals surface area contributed by atoms with Crippen molar-refractivity contribution in [2.75, 3.05) is 34.2 Å². The Morgan fingerprint density at radius 1 is 1.13 bits per heavy atom. The fourth-order valence-corrected chi connectivity index (χ4v) is 2.13. The molecule has 0 amide bonds. The smallest absolute Gasteiger partial charge is 0.320 e. The minimum Gasteiger partial charge on any atom is -0.481 e. The van der Waals surface area contributed by atoms with Crippen molar-refractivity contribution in [2.45, 2.75) is 38.8 Å². The van der Waals surface area contributed by atoms with Crippen molar-refractivity contribution in [3.63, 3.8) is 0 Å². The highest BCUT2D eigenvalue weighted by Gasteiger charge is 2.26. The minimum atomic E-state index is -1.05. The average Bonchev–Trinajstić information content (AvgIpc) is 2.30. The fourth-order valence-electron chi connectivity index (χ4n) is 2.13. The van der Waals surface area contributed by atoms with Crippen LogP contribution >= 0.6 is 0 Å². The lowest BCUT2D eigenvalue weighted by Gasteiger charge is -2.28. The number of carbonyl (C=O) groups is 3. The number of hydrogen-bond donors (Lipinski definition) is 3. The number of carboxylic acid groups (broad SMARTS) is 2. The van der Waals surface area contributed by atoms with Crippen LogP contribution in [0.15, 0.2) is 0 Å². The summed E-state index contributed by atoms with van der Waals surface area (Å²) in [4.78, 5) is 33.8. The Bertz CT molecular complexity index is 417. The van der Waals surface area contributed by atoms with E-state index in [9.17, 15) is 14.4 Å². The van der Waals surface area contributed by atoms with Crippen molar-refractivity contribution in [1.82, 2.24) is 5.32 Å². The minimum absolute atomic E-state index is 0.164. The summed E-state index contributed by atoms with van der Waals surface area (Å²) in [7, 11) is 5.60. The molecule has 0 unspecified atom stereocenters. The van der Waals surface area contributed by atoms with E-state index in [1.807, 2.05) is 35.0 Å². The monoisotopic (exact) mass is 333 g/mol. The van der Waals surface area contributed by atoms with Crippen LogP contribution in [0.25, 0.3) is 0 Å². The van der Waals surface area contributed by atoms with Crippen molar-refractivity contribution >= 4 is 17.9 Å². The highest BCUT2D eigenvalue weighted by molar-refractivity contribution is 5.76. The van der Waals surface area contributed by atoms with Crippen LogP contribution in [-0.4, -0.2) is 79.0 Å². The summed E-state index contributed by atoms with van der Waals surface area (Å²) < 4.78 is 5.63. The molecule has 0 saturated heterocycles. The van der Waals surface area contributed by atoms with Gasteiger partial charge >= 0.3 is 17.9 Å².